The SMILES string of the molecule is COC(=O)C1CCCCN1C(=O)c1c(C)n[nH]c1C. The molecule has 1 atom stereocenters. The molecule has 19 heavy (non-hydrogen) atoms. The van der Waals surface area contributed by atoms with Crippen molar-refractivity contribution in [1.29, 1.82) is 0 Å². The van der Waals surface area contributed by atoms with E-state index in [1.54, 1.807) is 11.8 Å². The maximum absolute atomic E-state index is 12.6. The highest BCUT2D eigenvalue weighted by Crippen LogP contribution is 2.22. The van der Waals surface area contributed by atoms with E-state index in [9.17, 15) is 9.59 Å². The number of esters is 1. The van der Waals surface area contributed by atoms with Gasteiger partial charge in [-0.15, -0.1) is 0 Å². The third-order valence-corrected chi connectivity index (χ3v) is 3.58. The van der Waals surface area contributed by atoms with Crippen LogP contribution in [0.1, 0.15) is 41.0 Å². The summed E-state index contributed by atoms with van der Waals surface area (Å²) in [5.74, 6) is -0.481. The number of aryl methyl sites for hydroxylation is 2. The highest BCUT2D eigenvalue weighted by atomic mass is 16.5. The van der Waals surface area contributed by atoms with E-state index < -0.39 is 6.04 Å². The molecule has 2 heterocycles. The summed E-state index contributed by atoms with van der Waals surface area (Å²) < 4.78 is 4.79. The zero-order chi connectivity index (χ0) is 14.0. The van der Waals surface area contributed by atoms with E-state index in [1.807, 2.05) is 6.92 Å². The molecular formula is C13H19N3O3. The molecule has 1 aromatic heterocycles. The highest BCUT2D eigenvalue weighted by molar-refractivity contribution is 5.98. The smallest absolute Gasteiger partial charge is 0.328 e. The van der Waals surface area contributed by atoms with Crippen LogP contribution >= 0.6 is 0 Å². The fraction of sp³-hybridized carbons (Fsp3) is 0.615. The molecule has 2 rings (SSSR count). The normalized spacial score (nSPS) is 19.3. The number of nitrogens with one attached hydrogen (secondary N) is 1. The van der Waals surface area contributed by atoms with Crippen LogP contribution in [-0.2, 0) is 9.53 Å². The van der Waals surface area contributed by atoms with E-state index in [1.165, 1.54) is 7.11 Å². The van der Waals surface area contributed by atoms with Gasteiger partial charge in [-0.2, -0.15) is 5.10 Å². The molecule has 0 aromatic carbocycles. The van der Waals surface area contributed by atoms with E-state index in [0.29, 0.717) is 24.2 Å². The summed E-state index contributed by atoms with van der Waals surface area (Å²) in [5, 5.41) is 6.83. The van der Waals surface area contributed by atoms with Crippen molar-refractivity contribution in [3.63, 3.8) is 0 Å². The topological polar surface area (TPSA) is 75.3 Å². The summed E-state index contributed by atoms with van der Waals surface area (Å²) >= 11 is 0. The molecule has 104 valence electrons. The zero-order valence-electron chi connectivity index (χ0n) is 11.5. The Balaban J connectivity index is 2.28. The fourth-order valence-electron chi connectivity index (χ4n) is 2.57. The minimum Gasteiger partial charge on any atom is -0.467 e. The Morgan fingerprint density at radius 3 is 2.68 bits per heavy atom. The average Bonchev–Trinajstić information content (AvgIpc) is 2.76. The number of carbonyl (C=O) groups excluding carboxylic acids is 2. The van der Waals surface area contributed by atoms with Crippen molar-refractivity contribution in [2.45, 2.75) is 39.2 Å². The minimum absolute atomic E-state index is 0.140. The van der Waals surface area contributed by atoms with E-state index in [0.717, 1.165) is 18.5 Å². The Morgan fingerprint density at radius 1 is 1.37 bits per heavy atom. The fourth-order valence-corrected chi connectivity index (χ4v) is 2.57. The van der Waals surface area contributed by atoms with Crippen LogP contribution < -0.4 is 0 Å². The number of nitrogens with zero attached hydrogens (tertiary/aromatic N) is 2. The predicted molar refractivity (Wildman–Crippen MR) is 68.8 cm³/mol. The number of likely N-dealkylation sites (tertiary alicyclic amines) is 1. The standard InChI is InChI=1S/C13H19N3O3/c1-8-11(9(2)15-14-8)12(17)16-7-5-4-6-10(16)13(18)19-3/h10H,4-7H2,1-3H3,(H,14,15). The number of ether oxygens (including phenoxy) is 1. The molecule has 1 aliphatic heterocycles. The second-order valence-electron chi connectivity index (χ2n) is 4.84. The first-order chi connectivity index (χ1) is 9.06. The summed E-state index contributed by atoms with van der Waals surface area (Å²) in [5.41, 5.74) is 1.96. The lowest BCUT2D eigenvalue weighted by atomic mass is 10.0. The highest BCUT2D eigenvalue weighted by Gasteiger charge is 2.34. The van der Waals surface area contributed by atoms with Gasteiger partial charge in [0, 0.05) is 12.2 Å². The van der Waals surface area contributed by atoms with Gasteiger partial charge in [0.15, 0.2) is 0 Å². The van der Waals surface area contributed by atoms with Crippen molar-refractivity contribution in [3.8, 4) is 0 Å². The molecular weight excluding hydrogens is 246 g/mol. The van der Waals surface area contributed by atoms with Crippen LogP contribution in [0.15, 0.2) is 0 Å². The molecule has 1 aliphatic rings. The first kappa shape index (κ1) is 13.6. The lowest BCUT2D eigenvalue weighted by molar-refractivity contribution is -0.147. The average molecular weight is 265 g/mol. The maximum atomic E-state index is 12.6. The number of piperidine rings is 1. The van der Waals surface area contributed by atoms with Gasteiger partial charge < -0.3 is 9.64 Å². The summed E-state index contributed by atoms with van der Waals surface area (Å²) in [7, 11) is 1.36. The van der Waals surface area contributed by atoms with Crippen LogP contribution in [0.3, 0.4) is 0 Å². The van der Waals surface area contributed by atoms with Crippen molar-refractivity contribution in [2.24, 2.45) is 0 Å². The van der Waals surface area contributed by atoms with Gasteiger partial charge in [0.05, 0.1) is 18.4 Å². The number of aromatic nitrogens is 2. The first-order valence-corrected chi connectivity index (χ1v) is 6.46. The number of aromatic amines is 1. The number of carbonyl (C=O) groups is 2. The van der Waals surface area contributed by atoms with Gasteiger partial charge in [-0.25, -0.2) is 4.79 Å². The molecule has 0 saturated carbocycles. The van der Waals surface area contributed by atoms with Gasteiger partial charge in [0.1, 0.15) is 6.04 Å². The van der Waals surface area contributed by atoms with E-state index in [-0.39, 0.29) is 11.9 Å². The van der Waals surface area contributed by atoms with Crippen molar-refractivity contribution in [3.05, 3.63) is 17.0 Å². The molecule has 0 aliphatic carbocycles. The molecule has 0 bridgehead atoms. The Kier molecular flexibility index (Phi) is 3.87. The van der Waals surface area contributed by atoms with Crippen LogP contribution in [-0.4, -0.2) is 46.7 Å². The van der Waals surface area contributed by atoms with Crippen molar-refractivity contribution < 1.29 is 14.3 Å². The summed E-state index contributed by atoms with van der Waals surface area (Å²) in [6.45, 7) is 4.18. The molecule has 1 aromatic rings. The Morgan fingerprint density at radius 2 is 2.11 bits per heavy atom. The third kappa shape index (κ3) is 2.47. The van der Waals surface area contributed by atoms with Crippen LogP contribution in [0.2, 0.25) is 0 Å². The third-order valence-electron chi connectivity index (χ3n) is 3.58. The lowest BCUT2D eigenvalue weighted by Gasteiger charge is -2.33. The predicted octanol–water partition coefficient (Wildman–Crippen LogP) is 1.19. The zero-order valence-corrected chi connectivity index (χ0v) is 11.5. The number of amides is 1. The number of H-pyrrole nitrogens is 1. The Hall–Kier alpha value is -1.85. The summed E-state index contributed by atoms with van der Waals surface area (Å²) in [4.78, 5) is 26.0. The number of methoxy groups -OCH3 is 1. The van der Waals surface area contributed by atoms with Crippen molar-refractivity contribution >= 4 is 11.9 Å². The number of hydrogen-bond donors (Lipinski definition) is 1. The number of rotatable bonds is 2. The first-order valence-electron chi connectivity index (χ1n) is 6.46. The van der Waals surface area contributed by atoms with Crippen LogP contribution in [0, 0.1) is 13.8 Å². The summed E-state index contributed by atoms with van der Waals surface area (Å²) in [6.07, 6.45) is 2.51. The molecule has 1 unspecified atom stereocenters. The van der Waals surface area contributed by atoms with Crippen molar-refractivity contribution in [1.82, 2.24) is 15.1 Å². The quantitative estimate of drug-likeness (QED) is 0.815. The van der Waals surface area contributed by atoms with E-state index in [2.05, 4.69) is 10.2 Å². The summed E-state index contributed by atoms with van der Waals surface area (Å²) in [6, 6.07) is -0.472. The minimum atomic E-state index is -0.472. The van der Waals surface area contributed by atoms with E-state index in [4.69, 9.17) is 4.74 Å². The number of hydrogen-bond acceptors (Lipinski definition) is 4. The molecule has 1 saturated heterocycles. The second kappa shape index (κ2) is 5.42. The molecule has 1 fully saturated rings. The van der Waals surface area contributed by atoms with Crippen molar-refractivity contribution in [2.75, 3.05) is 13.7 Å². The lowest BCUT2D eigenvalue weighted by Crippen LogP contribution is -2.48. The van der Waals surface area contributed by atoms with Crippen LogP contribution in [0.5, 0.6) is 0 Å². The maximum Gasteiger partial charge on any atom is 0.328 e. The van der Waals surface area contributed by atoms with Crippen LogP contribution in [0.4, 0.5) is 0 Å². The molecule has 1 amide bonds. The molecule has 6 nitrogen and oxygen atoms in total. The van der Waals surface area contributed by atoms with E-state index >= 15 is 0 Å². The molecule has 1 N–H and O–H groups in total. The van der Waals surface area contributed by atoms with Gasteiger partial charge in [-0.1, -0.05) is 0 Å². The van der Waals surface area contributed by atoms with Gasteiger partial charge in [-0.3, -0.25) is 9.89 Å². The van der Waals surface area contributed by atoms with Gasteiger partial charge >= 0.3 is 5.97 Å². The van der Waals surface area contributed by atoms with Gasteiger partial charge in [-0.05, 0) is 33.1 Å². The second-order valence-corrected chi connectivity index (χ2v) is 4.84. The Labute approximate surface area is 112 Å². The van der Waals surface area contributed by atoms with Gasteiger partial charge in [0.2, 0.25) is 0 Å². The molecule has 6 heteroatoms. The molecule has 0 spiro atoms. The molecule has 0 radical (unpaired) electrons. The van der Waals surface area contributed by atoms with Gasteiger partial charge in [0.25, 0.3) is 5.91 Å². The van der Waals surface area contributed by atoms with Crippen LogP contribution in [0.25, 0.3) is 0 Å². The largest absolute Gasteiger partial charge is 0.467 e. The Bertz CT molecular complexity index is 476. The monoisotopic (exact) mass is 265 g/mol.